The van der Waals surface area contributed by atoms with Crippen LogP contribution < -0.4 is 5.32 Å². The largest absolute Gasteiger partial charge is 0.472 e. The van der Waals surface area contributed by atoms with Gasteiger partial charge in [-0.05, 0) is 19.0 Å². The Morgan fingerprint density at radius 1 is 1.44 bits per heavy atom. The van der Waals surface area contributed by atoms with E-state index in [1.54, 1.807) is 19.6 Å². The highest BCUT2D eigenvalue weighted by atomic mass is 16.5. The maximum absolute atomic E-state index is 5.53. The molecule has 0 spiro atoms. The van der Waals surface area contributed by atoms with E-state index >= 15 is 0 Å². The first kappa shape index (κ1) is 13.2. The van der Waals surface area contributed by atoms with Crippen LogP contribution in [0.4, 0.5) is 0 Å². The van der Waals surface area contributed by atoms with E-state index in [-0.39, 0.29) is 6.04 Å². The normalized spacial score (nSPS) is 12.9. The lowest BCUT2D eigenvalue weighted by Crippen LogP contribution is -2.26. The van der Waals surface area contributed by atoms with E-state index < -0.39 is 0 Å². The molecule has 0 aliphatic rings. The minimum atomic E-state index is 0.204. The van der Waals surface area contributed by atoms with Gasteiger partial charge < -0.3 is 19.2 Å². The molecular formula is C12H21NO3. The number of furan rings is 1. The molecular weight excluding hydrogens is 206 g/mol. The van der Waals surface area contributed by atoms with E-state index in [0.29, 0.717) is 19.8 Å². The number of hydrogen-bond acceptors (Lipinski definition) is 4. The van der Waals surface area contributed by atoms with Gasteiger partial charge in [0.15, 0.2) is 0 Å². The van der Waals surface area contributed by atoms with Crippen molar-refractivity contribution in [1.82, 2.24) is 5.32 Å². The minimum Gasteiger partial charge on any atom is -0.472 e. The van der Waals surface area contributed by atoms with Gasteiger partial charge in [-0.15, -0.1) is 0 Å². The van der Waals surface area contributed by atoms with Crippen molar-refractivity contribution in [1.29, 1.82) is 0 Å². The third-order valence-electron chi connectivity index (χ3n) is 2.30. The van der Waals surface area contributed by atoms with Gasteiger partial charge in [0.1, 0.15) is 0 Å². The van der Waals surface area contributed by atoms with Crippen LogP contribution in [-0.2, 0) is 9.47 Å². The Hall–Kier alpha value is -0.840. The van der Waals surface area contributed by atoms with Crippen molar-refractivity contribution in [2.45, 2.75) is 19.4 Å². The third kappa shape index (κ3) is 4.79. The summed E-state index contributed by atoms with van der Waals surface area (Å²) in [6.07, 6.45) is 4.55. The van der Waals surface area contributed by atoms with Gasteiger partial charge in [-0.3, -0.25) is 0 Å². The second-order valence-corrected chi connectivity index (χ2v) is 3.63. The number of ether oxygens (including phenoxy) is 2. The van der Waals surface area contributed by atoms with Crippen LogP contribution >= 0.6 is 0 Å². The van der Waals surface area contributed by atoms with Crippen LogP contribution in [0.2, 0.25) is 0 Å². The van der Waals surface area contributed by atoms with Crippen molar-refractivity contribution in [2.24, 2.45) is 0 Å². The summed E-state index contributed by atoms with van der Waals surface area (Å²) < 4.78 is 15.5. The number of methoxy groups -OCH3 is 1. The van der Waals surface area contributed by atoms with E-state index in [9.17, 15) is 0 Å². The molecule has 0 amide bonds. The Morgan fingerprint density at radius 3 is 2.94 bits per heavy atom. The Morgan fingerprint density at radius 2 is 2.31 bits per heavy atom. The average molecular weight is 227 g/mol. The SMILES string of the molecule is CCCNC(COCCOC)c1ccoc1. The van der Waals surface area contributed by atoms with Crippen LogP contribution in [0, 0.1) is 0 Å². The Labute approximate surface area is 96.9 Å². The topological polar surface area (TPSA) is 43.6 Å². The van der Waals surface area contributed by atoms with Crippen LogP contribution in [0.1, 0.15) is 24.9 Å². The van der Waals surface area contributed by atoms with Gasteiger partial charge in [0.25, 0.3) is 0 Å². The first-order valence-corrected chi connectivity index (χ1v) is 5.70. The molecule has 0 fully saturated rings. The summed E-state index contributed by atoms with van der Waals surface area (Å²) in [5.41, 5.74) is 1.13. The lowest BCUT2D eigenvalue weighted by atomic mass is 10.1. The molecule has 1 heterocycles. The summed E-state index contributed by atoms with van der Waals surface area (Å²) in [6, 6.07) is 2.17. The molecule has 0 aliphatic carbocycles. The van der Waals surface area contributed by atoms with Crippen LogP contribution in [-0.4, -0.2) is 33.5 Å². The van der Waals surface area contributed by atoms with E-state index in [4.69, 9.17) is 13.9 Å². The van der Waals surface area contributed by atoms with Gasteiger partial charge >= 0.3 is 0 Å². The molecule has 16 heavy (non-hydrogen) atoms. The fourth-order valence-electron chi connectivity index (χ4n) is 1.41. The summed E-state index contributed by atoms with van der Waals surface area (Å²) >= 11 is 0. The zero-order chi connectivity index (χ0) is 11.6. The van der Waals surface area contributed by atoms with Gasteiger partial charge in [-0.1, -0.05) is 6.92 Å². The first-order valence-electron chi connectivity index (χ1n) is 5.70. The maximum atomic E-state index is 5.53. The lowest BCUT2D eigenvalue weighted by molar-refractivity contribution is 0.0585. The maximum Gasteiger partial charge on any atom is 0.0951 e. The summed E-state index contributed by atoms with van der Waals surface area (Å²) in [7, 11) is 1.67. The number of hydrogen-bond donors (Lipinski definition) is 1. The Kier molecular flexibility index (Phi) is 6.88. The second kappa shape index (κ2) is 8.33. The average Bonchev–Trinajstić information content (AvgIpc) is 2.82. The molecule has 1 atom stereocenters. The van der Waals surface area contributed by atoms with Gasteiger partial charge in [-0.25, -0.2) is 0 Å². The highest BCUT2D eigenvalue weighted by Gasteiger charge is 2.11. The van der Waals surface area contributed by atoms with Crippen LogP contribution in [0.25, 0.3) is 0 Å². The molecule has 1 unspecified atom stereocenters. The highest BCUT2D eigenvalue weighted by molar-refractivity contribution is 5.11. The molecule has 0 radical (unpaired) electrons. The summed E-state index contributed by atoms with van der Waals surface area (Å²) in [6.45, 7) is 5.02. The molecule has 0 aromatic carbocycles. The van der Waals surface area contributed by atoms with E-state index in [2.05, 4.69) is 12.2 Å². The van der Waals surface area contributed by atoms with Crippen molar-refractivity contribution in [3.8, 4) is 0 Å². The van der Waals surface area contributed by atoms with Gasteiger partial charge in [0.05, 0.1) is 38.4 Å². The Bertz CT molecular complexity index is 249. The van der Waals surface area contributed by atoms with Crippen molar-refractivity contribution in [3.63, 3.8) is 0 Å². The molecule has 1 rings (SSSR count). The molecule has 0 aliphatic heterocycles. The molecule has 4 nitrogen and oxygen atoms in total. The molecule has 0 saturated carbocycles. The van der Waals surface area contributed by atoms with E-state index in [1.165, 1.54) is 0 Å². The first-order chi connectivity index (χ1) is 7.88. The lowest BCUT2D eigenvalue weighted by Gasteiger charge is -2.17. The summed E-state index contributed by atoms with van der Waals surface area (Å²) in [5.74, 6) is 0. The van der Waals surface area contributed by atoms with Crippen molar-refractivity contribution < 1.29 is 13.9 Å². The second-order valence-electron chi connectivity index (χ2n) is 3.63. The Balaban J connectivity index is 2.32. The van der Waals surface area contributed by atoms with Crippen LogP contribution in [0.5, 0.6) is 0 Å². The van der Waals surface area contributed by atoms with Gasteiger partial charge in [-0.2, -0.15) is 0 Å². The zero-order valence-corrected chi connectivity index (χ0v) is 10.1. The summed E-state index contributed by atoms with van der Waals surface area (Å²) in [4.78, 5) is 0. The molecule has 92 valence electrons. The van der Waals surface area contributed by atoms with Gasteiger partial charge in [0, 0.05) is 12.7 Å². The number of nitrogens with one attached hydrogen (secondary N) is 1. The summed E-state index contributed by atoms with van der Waals surface area (Å²) in [5, 5.41) is 3.42. The smallest absolute Gasteiger partial charge is 0.0951 e. The molecule has 1 N–H and O–H groups in total. The zero-order valence-electron chi connectivity index (χ0n) is 10.1. The van der Waals surface area contributed by atoms with Gasteiger partial charge in [0.2, 0.25) is 0 Å². The fraction of sp³-hybridized carbons (Fsp3) is 0.667. The van der Waals surface area contributed by atoms with Crippen LogP contribution in [0.3, 0.4) is 0 Å². The monoisotopic (exact) mass is 227 g/mol. The molecule has 1 aromatic heterocycles. The predicted octanol–water partition coefficient (Wildman–Crippen LogP) is 1.98. The molecule has 4 heteroatoms. The van der Waals surface area contributed by atoms with E-state index in [0.717, 1.165) is 18.5 Å². The molecule has 0 saturated heterocycles. The van der Waals surface area contributed by atoms with E-state index in [1.807, 2.05) is 6.07 Å². The van der Waals surface area contributed by atoms with Crippen molar-refractivity contribution >= 4 is 0 Å². The fourth-order valence-corrected chi connectivity index (χ4v) is 1.41. The quantitative estimate of drug-likeness (QED) is 0.655. The predicted molar refractivity (Wildman–Crippen MR) is 62.4 cm³/mol. The van der Waals surface area contributed by atoms with Crippen molar-refractivity contribution in [2.75, 3.05) is 33.5 Å². The number of rotatable bonds is 9. The van der Waals surface area contributed by atoms with Crippen LogP contribution in [0.15, 0.2) is 23.0 Å². The standard InChI is InChI=1S/C12H21NO3/c1-3-5-13-12(10-16-8-7-14-2)11-4-6-15-9-11/h4,6,9,12-13H,3,5,7-8,10H2,1-2H3. The molecule has 0 bridgehead atoms. The third-order valence-corrected chi connectivity index (χ3v) is 2.30. The highest BCUT2D eigenvalue weighted by Crippen LogP contribution is 2.13. The molecule has 1 aromatic rings. The minimum absolute atomic E-state index is 0.204. The van der Waals surface area contributed by atoms with Crippen molar-refractivity contribution in [3.05, 3.63) is 24.2 Å².